The number of aromatic nitrogens is 2. The van der Waals surface area contributed by atoms with Gasteiger partial charge in [0.25, 0.3) is 0 Å². The number of hydrogen-bond donors (Lipinski definition) is 1. The molecule has 0 saturated carbocycles. The van der Waals surface area contributed by atoms with Gasteiger partial charge in [0, 0.05) is 31.1 Å². The monoisotopic (exact) mass is 528 g/mol. The van der Waals surface area contributed by atoms with Crippen LogP contribution in [0.5, 0.6) is 17.2 Å². The average Bonchev–Trinajstić information content (AvgIpc) is 2.89. The van der Waals surface area contributed by atoms with Crippen molar-refractivity contribution in [3.63, 3.8) is 0 Å². The Kier molecular flexibility index (Phi) is 7.48. The molecule has 1 N–H and O–H groups in total. The second-order valence-corrected chi connectivity index (χ2v) is 9.15. The summed E-state index contributed by atoms with van der Waals surface area (Å²) < 4.78 is 22.5. The third-order valence-corrected chi connectivity index (χ3v) is 6.75. The maximum atomic E-state index is 6.42. The number of hydrogen-bond acceptors (Lipinski definition) is 8. The Bertz CT molecular complexity index is 1400. The van der Waals surface area contributed by atoms with Gasteiger partial charge in [-0.2, -0.15) is 0 Å². The second-order valence-electron chi connectivity index (χ2n) is 8.34. The number of methoxy groups -OCH3 is 2. The summed E-state index contributed by atoms with van der Waals surface area (Å²) in [4.78, 5) is 11.3. The summed E-state index contributed by atoms with van der Waals surface area (Å²) >= 11 is 12.6. The van der Waals surface area contributed by atoms with E-state index >= 15 is 0 Å². The van der Waals surface area contributed by atoms with Gasteiger partial charge in [-0.25, -0.2) is 9.97 Å². The zero-order chi connectivity index (χ0) is 25.1. The van der Waals surface area contributed by atoms with Crippen molar-refractivity contribution in [2.75, 3.05) is 59.0 Å². The van der Waals surface area contributed by atoms with E-state index in [1.807, 2.05) is 24.3 Å². The molecule has 2 heterocycles. The van der Waals surface area contributed by atoms with Crippen LogP contribution in [-0.2, 0) is 4.74 Å². The highest BCUT2D eigenvalue weighted by atomic mass is 35.5. The van der Waals surface area contributed by atoms with E-state index in [1.54, 1.807) is 26.4 Å². The molecule has 0 amide bonds. The molecule has 188 valence electrons. The molecule has 0 atom stereocenters. The van der Waals surface area contributed by atoms with E-state index in [-0.39, 0.29) is 0 Å². The van der Waals surface area contributed by atoms with Gasteiger partial charge in [0.05, 0.1) is 48.7 Å². The molecule has 1 fully saturated rings. The van der Waals surface area contributed by atoms with Crippen LogP contribution in [-0.4, -0.2) is 68.5 Å². The Morgan fingerprint density at radius 1 is 0.889 bits per heavy atom. The van der Waals surface area contributed by atoms with E-state index in [1.165, 1.54) is 6.33 Å². The Morgan fingerprint density at radius 3 is 2.42 bits per heavy atom. The first-order valence-corrected chi connectivity index (χ1v) is 12.3. The minimum absolute atomic E-state index is 0.432. The molecule has 10 heteroatoms. The van der Waals surface area contributed by atoms with Gasteiger partial charge in [-0.3, -0.25) is 4.90 Å². The summed E-state index contributed by atoms with van der Waals surface area (Å²) in [5.74, 6) is 2.49. The summed E-state index contributed by atoms with van der Waals surface area (Å²) in [6.45, 7) is 4.79. The first-order chi connectivity index (χ1) is 17.6. The van der Waals surface area contributed by atoms with Crippen LogP contribution in [0.2, 0.25) is 10.0 Å². The molecule has 0 bridgehead atoms. The second kappa shape index (κ2) is 10.9. The Morgan fingerprint density at radius 2 is 1.64 bits per heavy atom. The maximum Gasteiger partial charge on any atom is 0.161 e. The Hall–Kier alpha value is -3.04. The molecule has 0 spiro atoms. The number of nitrogens with zero attached hydrogens (tertiary/aromatic N) is 3. The quantitative estimate of drug-likeness (QED) is 0.297. The van der Waals surface area contributed by atoms with Crippen molar-refractivity contribution in [2.45, 2.75) is 0 Å². The summed E-state index contributed by atoms with van der Waals surface area (Å²) in [6.07, 6.45) is 1.51. The number of halogens is 2. The van der Waals surface area contributed by atoms with Gasteiger partial charge in [-0.1, -0.05) is 23.2 Å². The number of nitrogens with one attached hydrogen (secondary N) is 1. The van der Waals surface area contributed by atoms with Crippen molar-refractivity contribution in [3.05, 3.63) is 52.8 Å². The number of rotatable bonds is 8. The molecule has 0 radical (unpaired) electrons. The number of fused-ring (bicyclic) bond motifs is 2. The van der Waals surface area contributed by atoms with E-state index < -0.39 is 0 Å². The lowest BCUT2D eigenvalue weighted by atomic mass is 10.1. The number of benzene rings is 3. The first kappa shape index (κ1) is 24.6. The number of morpholine rings is 1. The number of anilines is 2. The predicted molar refractivity (Wildman–Crippen MR) is 143 cm³/mol. The van der Waals surface area contributed by atoms with Crippen molar-refractivity contribution < 1.29 is 18.9 Å². The van der Waals surface area contributed by atoms with E-state index in [9.17, 15) is 0 Å². The third kappa shape index (κ3) is 5.22. The molecule has 1 saturated heterocycles. The SMILES string of the molecule is COc1cc(Nc2ncnc3cc4cc(OCCN5CCOCC5)c(OC)cc4cc23)c(Cl)cc1Cl. The molecule has 3 aromatic carbocycles. The molecule has 0 aliphatic carbocycles. The lowest BCUT2D eigenvalue weighted by molar-refractivity contribution is 0.0321. The minimum atomic E-state index is 0.432. The number of ether oxygens (including phenoxy) is 4. The highest BCUT2D eigenvalue weighted by Gasteiger charge is 2.15. The molecule has 36 heavy (non-hydrogen) atoms. The largest absolute Gasteiger partial charge is 0.495 e. The van der Waals surface area contributed by atoms with Crippen LogP contribution in [0, 0.1) is 0 Å². The molecule has 1 aromatic heterocycles. The van der Waals surface area contributed by atoms with Crippen LogP contribution >= 0.6 is 23.2 Å². The molecule has 4 aromatic rings. The van der Waals surface area contributed by atoms with Crippen molar-refractivity contribution in [2.24, 2.45) is 0 Å². The molecule has 0 unspecified atom stereocenters. The van der Waals surface area contributed by atoms with Gasteiger partial charge < -0.3 is 24.3 Å². The van der Waals surface area contributed by atoms with Crippen LogP contribution < -0.4 is 19.5 Å². The molecule has 1 aliphatic rings. The summed E-state index contributed by atoms with van der Waals surface area (Å²) in [6, 6.07) is 11.4. The smallest absolute Gasteiger partial charge is 0.161 e. The van der Waals surface area contributed by atoms with Crippen molar-refractivity contribution >= 4 is 56.4 Å². The molecule has 8 nitrogen and oxygen atoms in total. The van der Waals surface area contributed by atoms with Gasteiger partial charge in [0.15, 0.2) is 11.5 Å². The van der Waals surface area contributed by atoms with Crippen LogP contribution in [0.1, 0.15) is 0 Å². The van der Waals surface area contributed by atoms with Gasteiger partial charge in [0.2, 0.25) is 0 Å². The molecular weight excluding hydrogens is 503 g/mol. The van der Waals surface area contributed by atoms with Gasteiger partial charge in [-0.05, 0) is 41.1 Å². The summed E-state index contributed by atoms with van der Waals surface area (Å²) in [5, 5.41) is 6.96. The van der Waals surface area contributed by atoms with E-state index in [2.05, 4.69) is 20.2 Å². The van der Waals surface area contributed by atoms with Crippen LogP contribution in [0.4, 0.5) is 11.5 Å². The van der Waals surface area contributed by atoms with Gasteiger partial charge in [0.1, 0.15) is 24.5 Å². The summed E-state index contributed by atoms with van der Waals surface area (Å²) in [5.41, 5.74) is 1.40. The summed E-state index contributed by atoms with van der Waals surface area (Å²) in [7, 11) is 3.20. The molecule has 5 rings (SSSR count). The Balaban J connectivity index is 1.45. The fourth-order valence-electron chi connectivity index (χ4n) is 4.20. The highest BCUT2D eigenvalue weighted by molar-refractivity contribution is 6.37. The van der Waals surface area contributed by atoms with Crippen LogP contribution in [0.3, 0.4) is 0 Å². The van der Waals surface area contributed by atoms with E-state index in [0.29, 0.717) is 45.4 Å². The topological polar surface area (TPSA) is 78.0 Å². The van der Waals surface area contributed by atoms with Gasteiger partial charge in [-0.15, -0.1) is 0 Å². The standard InChI is InChI=1S/C26H26Cl2N4O4/c1-33-23-14-22(19(27)13-20(23)28)31-26-18-9-16-11-24(34-2)25(12-17(16)10-21(18)29-15-30-26)36-8-5-32-3-6-35-7-4-32/h9-15H,3-8H2,1-2H3,(H,29,30,31). The fraction of sp³-hybridized carbons (Fsp3) is 0.308. The Labute approximate surface area is 219 Å². The maximum absolute atomic E-state index is 6.42. The van der Waals surface area contributed by atoms with Crippen molar-refractivity contribution in [3.8, 4) is 17.2 Å². The van der Waals surface area contributed by atoms with Crippen LogP contribution in [0.25, 0.3) is 21.7 Å². The average molecular weight is 529 g/mol. The lowest BCUT2D eigenvalue weighted by Crippen LogP contribution is -2.38. The van der Waals surface area contributed by atoms with Crippen LogP contribution in [0.15, 0.2) is 42.7 Å². The first-order valence-electron chi connectivity index (χ1n) is 11.5. The normalized spacial score (nSPS) is 14.2. The van der Waals surface area contributed by atoms with Gasteiger partial charge >= 0.3 is 0 Å². The zero-order valence-corrected chi connectivity index (χ0v) is 21.5. The molecular formula is C26H26Cl2N4O4. The van der Waals surface area contributed by atoms with E-state index in [4.69, 9.17) is 42.1 Å². The predicted octanol–water partition coefficient (Wildman–Crippen LogP) is 5.56. The van der Waals surface area contributed by atoms with Crippen molar-refractivity contribution in [1.29, 1.82) is 0 Å². The molecule has 1 aliphatic heterocycles. The zero-order valence-electron chi connectivity index (χ0n) is 20.0. The lowest BCUT2D eigenvalue weighted by Gasteiger charge is -2.26. The fourth-order valence-corrected chi connectivity index (χ4v) is 4.71. The third-order valence-electron chi connectivity index (χ3n) is 6.14. The van der Waals surface area contributed by atoms with E-state index in [0.717, 1.165) is 54.5 Å². The van der Waals surface area contributed by atoms with Crippen molar-refractivity contribution in [1.82, 2.24) is 14.9 Å². The highest BCUT2D eigenvalue weighted by Crippen LogP contribution is 2.38. The minimum Gasteiger partial charge on any atom is -0.495 e.